The van der Waals surface area contributed by atoms with Gasteiger partial charge in [-0.15, -0.1) is 0 Å². The third-order valence-corrected chi connectivity index (χ3v) is 3.28. The second kappa shape index (κ2) is 7.27. The van der Waals surface area contributed by atoms with Gasteiger partial charge in [0, 0.05) is 12.8 Å². The maximum absolute atomic E-state index is 3.49. The Hall–Kier alpha value is -1.04. The van der Waals surface area contributed by atoms with Crippen molar-refractivity contribution < 1.29 is 4.58 Å². The monoisotopic (exact) mass is 223 g/mol. The summed E-state index contributed by atoms with van der Waals surface area (Å²) >= 11 is 0. The highest BCUT2D eigenvalue weighted by Crippen LogP contribution is 2.14. The van der Waals surface area contributed by atoms with E-state index in [-0.39, 0.29) is 0 Å². The van der Waals surface area contributed by atoms with Gasteiger partial charge in [0.05, 0.1) is 33.6 Å². The lowest BCUT2D eigenvalue weighted by molar-refractivity contribution is -0.510. The fraction of sp³-hybridized carbons (Fsp3) is 0.846. The zero-order chi connectivity index (χ0) is 11.8. The molecule has 0 aliphatic carbocycles. The second-order valence-electron chi connectivity index (χ2n) is 4.44. The molecule has 3 nitrogen and oxygen atoms in total. The normalized spacial score (nSPS) is 19.8. The molecule has 2 rings (SSSR count). The highest BCUT2D eigenvalue weighted by molar-refractivity contribution is 5.78. The van der Waals surface area contributed by atoms with Crippen LogP contribution in [0.3, 0.4) is 0 Å². The van der Waals surface area contributed by atoms with Crippen LogP contribution < -0.4 is 0 Å². The lowest BCUT2D eigenvalue weighted by Crippen LogP contribution is -2.42. The van der Waals surface area contributed by atoms with Crippen molar-refractivity contribution >= 4 is 5.84 Å². The van der Waals surface area contributed by atoms with Gasteiger partial charge in [0.15, 0.2) is 0 Å². The summed E-state index contributed by atoms with van der Waals surface area (Å²) in [6.07, 6.45) is 6.89. The SMILES string of the molecule is CC#[N+]C.C[N+]1=C2CCCCCN2CCC1. The van der Waals surface area contributed by atoms with E-state index in [0.717, 1.165) is 0 Å². The maximum Gasteiger partial charge on any atom is 0.269 e. The third kappa shape index (κ3) is 3.84. The molecule has 90 valence electrons. The smallest absolute Gasteiger partial charge is 0.268 e. The van der Waals surface area contributed by atoms with E-state index in [2.05, 4.69) is 27.4 Å². The van der Waals surface area contributed by atoms with Gasteiger partial charge in [0.1, 0.15) is 0 Å². The van der Waals surface area contributed by atoms with Gasteiger partial charge in [-0.3, -0.25) is 9.48 Å². The molecule has 0 radical (unpaired) electrons. The molecule has 2 aliphatic heterocycles. The summed E-state index contributed by atoms with van der Waals surface area (Å²) in [6.45, 7) is 5.64. The van der Waals surface area contributed by atoms with Crippen molar-refractivity contribution in [3.63, 3.8) is 0 Å². The van der Waals surface area contributed by atoms with Crippen molar-refractivity contribution in [2.45, 2.75) is 39.0 Å². The van der Waals surface area contributed by atoms with Gasteiger partial charge in [-0.1, -0.05) is 4.85 Å². The van der Waals surface area contributed by atoms with Crippen LogP contribution in [-0.2, 0) is 0 Å². The van der Waals surface area contributed by atoms with Gasteiger partial charge in [-0.05, 0) is 19.3 Å². The molecule has 0 saturated carbocycles. The van der Waals surface area contributed by atoms with Crippen LogP contribution in [0.4, 0.5) is 0 Å². The lowest BCUT2D eigenvalue weighted by atomic mass is 10.2. The van der Waals surface area contributed by atoms with Crippen LogP contribution in [0.15, 0.2) is 0 Å². The fourth-order valence-corrected chi connectivity index (χ4v) is 2.35. The highest BCUT2D eigenvalue weighted by atomic mass is 15.2. The molecule has 0 spiro atoms. The molecule has 2 aliphatic rings. The van der Waals surface area contributed by atoms with Gasteiger partial charge < -0.3 is 0 Å². The first-order chi connectivity index (χ1) is 7.79. The Kier molecular flexibility index (Phi) is 5.92. The molecule has 0 bridgehead atoms. The van der Waals surface area contributed by atoms with Crippen LogP contribution in [0.1, 0.15) is 39.0 Å². The number of hydrogen-bond donors (Lipinski definition) is 0. The minimum atomic E-state index is 1.27. The highest BCUT2D eigenvalue weighted by Gasteiger charge is 2.26. The Morgan fingerprint density at radius 1 is 1.19 bits per heavy atom. The zero-order valence-corrected chi connectivity index (χ0v) is 11.0. The molecule has 0 N–H and O–H groups in total. The van der Waals surface area contributed by atoms with Crippen molar-refractivity contribution in [3.05, 3.63) is 4.85 Å². The van der Waals surface area contributed by atoms with Gasteiger partial charge in [0.25, 0.3) is 13.1 Å². The van der Waals surface area contributed by atoms with Gasteiger partial charge >= 0.3 is 0 Å². The van der Waals surface area contributed by atoms with E-state index in [1.54, 1.807) is 19.8 Å². The van der Waals surface area contributed by atoms with Crippen LogP contribution in [0.5, 0.6) is 0 Å². The van der Waals surface area contributed by atoms with E-state index < -0.39 is 0 Å². The second-order valence-corrected chi connectivity index (χ2v) is 4.44. The summed E-state index contributed by atoms with van der Waals surface area (Å²) < 4.78 is 2.45. The average molecular weight is 223 g/mol. The van der Waals surface area contributed by atoms with Crippen LogP contribution in [0.2, 0.25) is 0 Å². The number of nitrogens with zero attached hydrogens (tertiary/aromatic N) is 3. The van der Waals surface area contributed by atoms with Crippen molar-refractivity contribution in [1.29, 1.82) is 0 Å². The van der Waals surface area contributed by atoms with E-state index in [1.165, 1.54) is 51.7 Å². The first kappa shape index (κ1) is 13.0. The molecule has 0 amide bonds. The maximum atomic E-state index is 3.49. The van der Waals surface area contributed by atoms with Crippen LogP contribution >= 0.6 is 0 Å². The standard InChI is InChI=1S/C10H19N2.C3H6N/c1-11-7-5-9-12-8-4-2-3-6-10(11)12;1-3-4-2/h2-9H2,1H3;1-2H3/q2*+1. The molecule has 1 saturated heterocycles. The van der Waals surface area contributed by atoms with Crippen molar-refractivity contribution in [1.82, 2.24) is 4.90 Å². The first-order valence-corrected chi connectivity index (χ1v) is 6.37. The number of fused-ring (bicyclic) bond motifs is 1. The van der Waals surface area contributed by atoms with Crippen LogP contribution in [0.25, 0.3) is 4.85 Å². The van der Waals surface area contributed by atoms with Gasteiger partial charge in [-0.25, -0.2) is 0 Å². The molecule has 3 heteroatoms. The van der Waals surface area contributed by atoms with E-state index in [9.17, 15) is 0 Å². The van der Waals surface area contributed by atoms with Crippen LogP contribution in [0, 0.1) is 6.07 Å². The Labute approximate surface area is 99.6 Å². The van der Waals surface area contributed by atoms with Crippen molar-refractivity contribution in [3.8, 4) is 6.07 Å². The molecule has 0 aromatic rings. The van der Waals surface area contributed by atoms with E-state index in [4.69, 9.17) is 0 Å². The topological polar surface area (TPSA) is 10.6 Å². The molecule has 0 aromatic heterocycles. The molecule has 0 unspecified atom stereocenters. The minimum Gasteiger partial charge on any atom is -0.268 e. The summed E-state index contributed by atoms with van der Waals surface area (Å²) in [7, 11) is 3.94. The van der Waals surface area contributed by atoms with Gasteiger partial charge in [0.2, 0.25) is 5.84 Å². The van der Waals surface area contributed by atoms with E-state index in [0.29, 0.717) is 0 Å². The molecule has 1 fully saturated rings. The van der Waals surface area contributed by atoms with E-state index in [1.807, 2.05) is 0 Å². The van der Waals surface area contributed by atoms with Crippen molar-refractivity contribution in [2.24, 2.45) is 0 Å². The average Bonchev–Trinajstić information content (AvgIpc) is 2.56. The van der Waals surface area contributed by atoms with Gasteiger partial charge in [-0.2, -0.15) is 0 Å². The number of hydrogen-bond acceptors (Lipinski definition) is 1. The molecule has 0 atom stereocenters. The molecule has 16 heavy (non-hydrogen) atoms. The Morgan fingerprint density at radius 2 is 1.88 bits per heavy atom. The number of rotatable bonds is 0. The third-order valence-electron chi connectivity index (χ3n) is 3.28. The fourth-order valence-electron chi connectivity index (χ4n) is 2.35. The molecule has 2 heterocycles. The summed E-state index contributed by atoms with van der Waals surface area (Å²) in [6, 6.07) is 2.56. The quantitative estimate of drug-likeness (QED) is 0.573. The lowest BCUT2D eigenvalue weighted by Gasteiger charge is -2.23. The Balaban J connectivity index is 0.000000280. The molecular weight excluding hydrogens is 198 g/mol. The summed E-state index contributed by atoms with van der Waals surface area (Å²) in [4.78, 5) is 6.08. The van der Waals surface area contributed by atoms with Crippen molar-refractivity contribution in [2.75, 3.05) is 33.7 Å². The Morgan fingerprint density at radius 3 is 2.56 bits per heavy atom. The summed E-state index contributed by atoms with van der Waals surface area (Å²) in [5, 5.41) is 0. The summed E-state index contributed by atoms with van der Waals surface area (Å²) in [5.41, 5.74) is 0. The van der Waals surface area contributed by atoms with Crippen LogP contribution in [-0.4, -0.2) is 49.0 Å². The largest absolute Gasteiger partial charge is 0.269 e. The van der Waals surface area contributed by atoms with E-state index >= 15 is 0 Å². The predicted octanol–water partition coefficient (Wildman–Crippen LogP) is 2.28. The predicted molar refractivity (Wildman–Crippen MR) is 69.6 cm³/mol. The number of amidine groups is 1. The minimum absolute atomic E-state index is 1.27. The zero-order valence-electron chi connectivity index (χ0n) is 11.0. The summed E-state index contributed by atoms with van der Waals surface area (Å²) in [5.74, 6) is 1.61. The Bertz CT molecular complexity index is 290. The molecular formula is C13H25N3+2. The molecule has 0 aromatic carbocycles. The first-order valence-electron chi connectivity index (χ1n) is 6.37.